The number of carboxylic acids is 1. The van der Waals surface area contributed by atoms with Crippen LogP contribution >= 0.6 is 0 Å². The van der Waals surface area contributed by atoms with Crippen molar-refractivity contribution in [2.45, 2.75) is 50.3 Å². The molecular formula is C19H22FN3O4S. The van der Waals surface area contributed by atoms with Gasteiger partial charge in [0.2, 0.25) is 0 Å². The molecule has 1 aliphatic rings. The number of benzene rings is 1. The van der Waals surface area contributed by atoms with E-state index in [0.29, 0.717) is 24.4 Å². The quantitative estimate of drug-likeness (QED) is 0.802. The predicted octanol–water partition coefficient (Wildman–Crippen LogP) is 3.00. The molecule has 3 rings (SSSR count). The SMILES string of the molecule is CC(C)(C)c1nc2c(c(Nc3ccc(CC(=O)O)c(F)c3)n1)S(=O)(=O)CCC2. The first-order valence-electron chi connectivity index (χ1n) is 8.89. The van der Waals surface area contributed by atoms with Crippen LogP contribution in [0, 0.1) is 5.82 Å². The van der Waals surface area contributed by atoms with Crippen molar-refractivity contribution in [1.82, 2.24) is 9.97 Å². The van der Waals surface area contributed by atoms with Crippen LogP contribution < -0.4 is 5.32 Å². The molecule has 2 N–H and O–H groups in total. The Bertz CT molecular complexity index is 1050. The monoisotopic (exact) mass is 407 g/mol. The van der Waals surface area contributed by atoms with Crippen molar-refractivity contribution in [2.75, 3.05) is 11.1 Å². The van der Waals surface area contributed by atoms with Gasteiger partial charge < -0.3 is 10.4 Å². The maximum atomic E-state index is 14.2. The number of sulfone groups is 1. The van der Waals surface area contributed by atoms with Crippen LogP contribution in [0.5, 0.6) is 0 Å². The number of aliphatic carboxylic acids is 1. The Morgan fingerprint density at radius 3 is 2.61 bits per heavy atom. The molecule has 7 nitrogen and oxygen atoms in total. The summed E-state index contributed by atoms with van der Waals surface area (Å²) < 4.78 is 39.5. The Morgan fingerprint density at radius 2 is 2.00 bits per heavy atom. The van der Waals surface area contributed by atoms with E-state index in [2.05, 4.69) is 15.3 Å². The van der Waals surface area contributed by atoms with Crippen LogP contribution in [0.15, 0.2) is 23.1 Å². The second kappa shape index (κ2) is 7.12. The zero-order chi connectivity index (χ0) is 20.7. The lowest BCUT2D eigenvalue weighted by molar-refractivity contribution is -0.136. The fraction of sp³-hybridized carbons (Fsp3) is 0.421. The summed E-state index contributed by atoms with van der Waals surface area (Å²) >= 11 is 0. The van der Waals surface area contributed by atoms with Gasteiger partial charge in [0.15, 0.2) is 15.7 Å². The molecule has 0 fully saturated rings. The van der Waals surface area contributed by atoms with Gasteiger partial charge in [-0.2, -0.15) is 0 Å². The van der Waals surface area contributed by atoms with Gasteiger partial charge in [0, 0.05) is 11.1 Å². The standard InChI is InChI=1S/C19H22FN3O4S/c1-19(2,3)18-22-14-5-4-8-28(26,27)16(14)17(23-18)21-12-7-6-11(9-15(24)25)13(20)10-12/h6-7,10H,4-5,8-9H2,1-3H3,(H,24,25)(H,21,22,23). The maximum absolute atomic E-state index is 14.2. The average molecular weight is 407 g/mol. The number of rotatable bonds is 4. The molecule has 0 unspecified atom stereocenters. The molecule has 150 valence electrons. The highest BCUT2D eigenvalue weighted by atomic mass is 32.2. The van der Waals surface area contributed by atoms with Crippen molar-refractivity contribution in [2.24, 2.45) is 0 Å². The van der Waals surface area contributed by atoms with Gasteiger partial charge in [0.05, 0.1) is 17.9 Å². The summed E-state index contributed by atoms with van der Waals surface area (Å²) in [6.45, 7) is 5.78. The molecule has 1 aromatic heterocycles. The van der Waals surface area contributed by atoms with Gasteiger partial charge in [0.1, 0.15) is 16.5 Å². The number of anilines is 2. The summed E-state index contributed by atoms with van der Waals surface area (Å²) in [7, 11) is -3.55. The molecule has 0 bridgehead atoms. The number of hydrogen-bond donors (Lipinski definition) is 2. The lowest BCUT2D eigenvalue weighted by atomic mass is 9.95. The first kappa shape index (κ1) is 20.2. The molecule has 0 aliphatic carbocycles. The predicted molar refractivity (Wildman–Crippen MR) is 102 cm³/mol. The normalized spacial score (nSPS) is 15.7. The second-order valence-electron chi connectivity index (χ2n) is 7.85. The van der Waals surface area contributed by atoms with E-state index in [1.165, 1.54) is 12.1 Å². The lowest BCUT2D eigenvalue weighted by Crippen LogP contribution is -2.25. The molecule has 9 heteroatoms. The van der Waals surface area contributed by atoms with Crippen LogP contribution in [0.4, 0.5) is 15.9 Å². The summed E-state index contributed by atoms with van der Waals surface area (Å²) in [6.07, 6.45) is 0.589. The van der Waals surface area contributed by atoms with Crippen molar-refractivity contribution < 1.29 is 22.7 Å². The van der Waals surface area contributed by atoms with Crippen LogP contribution in [0.2, 0.25) is 0 Å². The minimum absolute atomic E-state index is 0.0127. The van der Waals surface area contributed by atoms with Crippen molar-refractivity contribution in [3.05, 3.63) is 41.1 Å². The molecule has 0 atom stereocenters. The number of aromatic nitrogens is 2. The summed E-state index contributed by atoms with van der Waals surface area (Å²) in [5, 5.41) is 11.7. The molecule has 2 aromatic rings. The van der Waals surface area contributed by atoms with E-state index in [1.54, 1.807) is 0 Å². The molecule has 1 aromatic carbocycles. The topological polar surface area (TPSA) is 109 Å². The van der Waals surface area contributed by atoms with Crippen LogP contribution in [0.1, 0.15) is 44.3 Å². The molecule has 2 heterocycles. The fourth-order valence-electron chi connectivity index (χ4n) is 3.01. The Kier molecular flexibility index (Phi) is 5.14. The molecule has 0 amide bonds. The number of carboxylic acid groups (broad SMARTS) is 1. The summed E-state index contributed by atoms with van der Waals surface area (Å²) in [5.41, 5.74) is 0.402. The van der Waals surface area contributed by atoms with E-state index in [0.717, 1.165) is 6.07 Å². The number of carbonyl (C=O) groups is 1. The summed E-state index contributed by atoms with van der Waals surface area (Å²) in [6, 6.07) is 4.00. The summed E-state index contributed by atoms with van der Waals surface area (Å²) in [5.74, 6) is -1.19. The first-order valence-corrected chi connectivity index (χ1v) is 10.5. The van der Waals surface area contributed by atoms with E-state index >= 15 is 0 Å². The van der Waals surface area contributed by atoms with Gasteiger partial charge in [-0.1, -0.05) is 26.8 Å². The van der Waals surface area contributed by atoms with Crippen molar-refractivity contribution >= 4 is 27.3 Å². The van der Waals surface area contributed by atoms with E-state index in [9.17, 15) is 17.6 Å². The van der Waals surface area contributed by atoms with Gasteiger partial charge in [0.25, 0.3) is 0 Å². The third-order valence-corrected chi connectivity index (χ3v) is 6.28. The molecule has 0 saturated carbocycles. The van der Waals surface area contributed by atoms with Gasteiger partial charge in [-0.25, -0.2) is 22.8 Å². The number of hydrogen-bond acceptors (Lipinski definition) is 6. The lowest BCUT2D eigenvalue weighted by Gasteiger charge is -2.24. The highest BCUT2D eigenvalue weighted by Gasteiger charge is 2.32. The second-order valence-corrected chi connectivity index (χ2v) is 9.89. The molecule has 28 heavy (non-hydrogen) atoms. The number of aryl methyl sites for hydroxylation is 1. The highest BCUT2D eigenvalue weighted by Crippen LogP contribution is 2.34. The Labute approximate surface area is 163 Å². The first-order chi connectivity index (χ1) is 13.0. The molecule has 0 saturated heterocycles. The Balaban J connectivity index is 2.08. The highest BCUT2D eigenvalue weighted by molar-refractivity contribution is 7.91. The van der Waals surface area contributed by atoms with Crippen molar-refractivity contribution in [3.8, 4) is 0 Å². The molecule has 0 radical (unpaired) electrons. The molecule has 1 aliphatic heterocycles. The molecular weight excluding hydrogens is 385 g/mol. The van der Waals surface area contributed by atoms with E-state index in [1.807, 2.05) is 20.8 Å². The number of fused-ring (bicyclic) bond motifs is 1. The van der Waals surface area contributed by atoms with E-state index in [-0.39, 0.29) is 27.7 Å². The van der Waals surface area contributed by atoms with Gasteiger partial charge in [-0.3, -0.25) is 4.79 Å². The van der Waals surface area contributed by atoms with Gasteiger partial charge >= 0.3 is 5.97 Å². The Hall–Kier alpha value is -2.55. The zero-order valence-electron chi connectivity index (χ0n) is 15.9. The average Bonchev–Trinajstić information content (AvgIpc) is 2.55. The van der Waals surface area contributed by atoms with Crippen LogP contribution in [-0.2, 0) is 32.9 Å². The fourth-order valence-corrected chi connectivity index (χ4v) is 4.64. The van der Waals surface area contributed by atoms with Crippen molar-refractivity contribution in [3.63, 3.8) is 0 Å². The van der Waals surface area contributed by atoms with Gasteiger partial charge in [-0.15, -0.1) is 0 Å². The van der Waals surface area contributed by atoms with Crippen LogP contribution in [0.3, 0.4) is 0 Å². The third kappa shape index (κ3) is 4.14. The zero-order valence-corrected chi connectivity index (χ0v) is 16.7. The van der Waals surface area contributed by atoms with E-state index in [4.69, 9.17) is 5.11 Å². The Morgan fingerprint density at radius 1 is 1.29 bits per heavy atom. The maximum Gasteiger partial charge on any atom is 0.307 e. The minimum Gasteiger partial charge on any atom is -0.481 e. The smallest absolute Gasteiger partial charge is 0.307 e. The van der Waals surface area contributed by atoms with Crippen LogP contribution in [-0.4, -0.2) is 35.2 Å². The summed E-state index contributed by atoms with van der Waals surface area (Å²) in [4.78, 5) is 19.8. The third-order valence-electron chi connectivity index (χ3n) is 4.40. The van der Waals surface area contributed by atoms with Gasteiger partial charge in [-0.05, 0) is 30.5 Å². The van der Waals surface area contributed by atoms with E-state index < -0.39 is 33.5 Å². The number of nitrogens with one attached hydrogen (secondary N) is 1. The minimum atomic E-state index is -3.55. The number of nitrogens with zero attached hydrogens (tertiary/aromatic N) is 2. The molecule has 0 spiro atoms. The number of halogens is 1. The largest absolute Gasteiger partial charge is 0.481 e. The van der Waals surface area contributed by atoms with Crippen molar-refractivity contribution in [1.29, 1.82) is 0 Å². The van der Waals surface area contributed by atoms with Crippen LogP contribution in [0.25, 0.3) is 0 Å².